The summed E-state index contributed by atoms with van der Waals surface area (Å²) in [6.45, 7) is 2.57. The predicted molar refractivity (Wildman–Crippen MR) is 121 cm³/mol. The van der Waals surface area contributed by atoms with Crippen molar-refractivity contribution in [3.63, 3.8) is 0 Å². The van der Waals surface area contributed by atoms with E-state index < -0.39 is 12.2 Å². The number of fused-ring (bicyclic) bond motifs is 1. The maximum Gasteiger partial charge on any atom is 0.326 e. The molecule has 5 rings (SSSR count). The molecular weight excluding hydrogens is 425 g/mol. The van der Waals surface area contributed by atoms with E-state index in [0.717, 1.165) is 47.5 Å². The quantitative estimate of drug-likeness (QED) is 0.440. The number of ether oxygens (including phenoxy) is 1. The van der Waals surface area contributed by atoms with E-state index in [2.05, 4.69) is 26.1 Å². The van der Waals surface area contributed by atoms with Crippen LogP contribution in [-0.2, 0) is 16.0 Å². The molecule has 6 atom stereocenters. The molecule has 1 saturated carbocycles. The highest BCUT2D eigenvalue weighted by Gasteiger charge is 2.48. The zero-order valence-corrected chi connectivity index (χ0v) is 18.8. The number of aromatic hydroxyl groups is 1. The Morgan fingerprint density at radius 3 is 2.94 bits per heavy atom. The molecule has 33 heavy (non-hydrogen) atoms. The number of halogens is 1. The Hall–Kier alpha value is -2.75. The number of hydrazine groups is 1. The van der Waals surface area contributed by atoms with Gasteiger partial charge >= 0.3 is 5.97 Å². The van der Waals surface area contributed by atoms with Gasteiger partial charge in [-0.1, -0.05) is 13.0 Å². The zero-order chi connectivity index (χ0) is 23.1. The van der Waals surface area contributed by atoms with Gasteiger partial charge in [-0.25, -0.2) is 14.8 Å². The highest BCUT2D eigenvalue weighted by atomic mass is 19.1. The minimum absolute atomic E-state index is 0.0657. The van der Waals surface area contributed by atoms with E-state index in [9.17, 15) is 9.90 Å². The van der Waals surface area contributed by atoms with Crippen molar-refractivity contribution in [3.8, 4) is 5.75 Å². The lowest BCUT2D eigenvalue weighted by atomic mass is 9.71. The molecule has 0 amide bonds. The second-order valence-corrected chi connectivity index (χ2v) is 9.08. The molecule has 8 nitrogen and oxygen atoms in total. The van der Waals surface area contributed by atoms with Crippen molar-refractivity contribution < 1.29 is 19.0 Å². The number of benzene rings is 1. The van der Waals surface area contributed by atoms with Gasteiger partial charge in [-0.2, -0.15) is 0 Å². The molecule has 2 aromatic rings. The smallest absolute Gasteiger partial charge is 0.326 e. The van der Waals surface area contributed by atoms with Crippen molar-refractivity contribution in [1.29, 1.82) is 0 Å². The number of phenolic OH excluding ortho intramolecular Hbond substituents is 1. The van der Waals surface area contributed by atoms with Gasteiger partial charge in [0.15, 0.2) is 0 Å². The first-order valence-corrected chi connectivity index (χ1v) is 11.5. The zero-order valence-electron chi connectivity index (χ0n) is 18.8. The number of nitrogens with zero attached hydrogens (tertiary/aromatic N) is 1. The fourth-order valence-electron chi connectivity index (χ4n) is 5.57. The third kappa shape index (κ3) is 3.94. The fourth-order valence-corrected chi connectivity index (χ4v) is 5.57. The monoisotopic (exact) mass is 455 g/mol. The molecule has 1 aliphatic carbocycles. The summed E-state index contributed by atoms with van der Waals surface area (Å²) in [4.78, 5) is 19.7. The van der Waals surface area contributed by atoms with Crippen LogP contribution in [0.4, 0.5) is 4.39 Å². The average Bonchev–Trinajstić information content (AvgIpc) is 3.57. The number of aromatic amines is 1. The third-order valence-electron chi connectivity index (χ3n) is 7.31. The van der Waals surface area contributed by atoms with Gasteiger partial charge in [0.1, 0.15) is 23.8 Å². The number of H-pyrrole nitrogens is 1. The fraction of sp³-hybridized carbons (Fsp3) is 0.500. The topological polar surface area (TPSA) is 111 Å². The lowest BCUT2D eigenvalue weighted by Crippen LogP contribution is -2.45. The highest BCUT2D eigenvalue weighted by molar-refractivity contribution is 5.83. The number of aryl methyl sites for hydroxylation is 1. The molecule has 0 radical (unpaired) electrons. The average molecular weight is 456 g/mol. The third-order valence-corrected chi connectivity index (χ3v) is 7.31. The number of nitrogens with one attached hydrogen (secondary N) is 4. The second kappa shape index (κ2) is 8.89. The van der Waals surface area contributed by atoms with Gasteiger partial charge in [-0.3, -0.25) is 15.5 Å². The number of esters is 1. The Bertz CT molecular complexity index is 1070. The van der Waals surface area contributed by atoms with Crippen LogP contribution in [0.5, 0.6) is 5.75 Å². The number of hydrogen-bond donors (Lipinski definition) is 5. The van der Waals surface area contributed by atoms with Crippen molar-refractivity contribution >= 4 is 11.5 Å². The number of aromatic nitrogens is 2. The molecule has 5 N–H and O–H groups in total. The SMILES string of the molecule is CCc1cc(O)ccc1C1CCC2C(c3ncc(C4=C[C@@H](C(=O)OC)NC4)[nH]3)NNC2C1F. The van der Waals surface area contributed by atoms with Crippen molar-refractivity contribution in [1.82, 2.24) is 26.1 Å². The number of carbonyl (C=O) groups is 1. The van der Waals surface area contributed by atoms with E-state index in [0.29, 0.717) is 6.54 Å². The minimum Gasteiger partial charge on any atom is -0.508 e. The van der Waals surface area contributed by atoms with Gasteiger partial charge < -0.3 is 14.8 Å². The lowest BCUT2D eigenvalue weighted by molar-refractivity contribution is -0.141. The normalized spacial score (nSPS) is 31.3. The maximum absolute atomic E-state index is 15.7. The van der Waals surface area contributed by atoms with Gasteiger partial charge in [0, 0.05) is 18.4 Å². The standard InChI is InChI=1S/C24H30FN5O3/c1-3-12-8-14(31)4-5-15(12)16-6-7-17-21(20(16)25)29-30-22(17)23-27-11-19(28-23)13-9-18(26-10-13)24(32)33-2/h4-5,8-9,11,16-18,20-22,26,29-31H,3,6-7,10H2,1-2H3,(H,27,28)/t16?,17?,18-,20?,21?,22?/m0/s1. The van der Waals surface area contributed by atoms with Gasteiger partial charge in [0.25, 0.3) is 0 Å². The van der Waals surface area contributed by atoms with Gasteiger partial charge in [0.2, 0.25) is 0 Å². The Labute approximate surface area is 192 Å². The summed E-state index contributed by atoms with van der Waals surface area (Å²) in [5.41, 5.74) is 10.2. The van der Waals surface area contributed by atoms with Crippen LogP contribution in [0.2, 0.25) is 0 Å². The van der Waals surface area contributed by atoms with Gasteiger partial charge in [-0.05, 0) is 54.2 Å². The highest BCUT2D eigenvalue weighted by Crippen LogP contribution is 2.45. The predicted octanol–water partition coefficient (Wildman–Crippen LogP) is 2.26. The lowest BCUT2D eigenvalue weighted by Gasteiger charge is -2.36. The Morgan fingerprint density at radius 1 is 1.30 bits per heavy atom. The van der Waals surface area contributed by atoms with Crippen LogP contribution >= 0.6 is 0 Å². The number of phenols is 1. The molecule has 176 valence electrons. The van der Waals surface area contributed by atoms with Crippen LogP contribution in [0.3, 0.4) is 0 Å². The molecule has 5 unspecified atom stereocenters. The molecule has 2 aliphatic heterocycles. The van der Waals surface area contributed by atoms with Crippen LogP contribution in [0, 0.1) is 5.92 Å². The van der Waals surface area contributed by atoms with Crippen molar-refractivity contribution in [3.05, 3.63) is 53.1 Å². The summed E-state index contributed by atoms with van der Waals surface area (Å²) < 4.78 is 20.5. The van der Waals surface area contributed by atoms with Crippen LogP contribution in [-0.4, -0.2) is 53.0 Å². The van der Waals surface area contributed by atoms with E-state index in [1.165, 1.54) is 7.11 Å². The summed E-state index contributed by atoms with van der Waals surface area (Å²) >= 11 is 0. The van der Waals surface area contributed by atoms with E-state index in [4.69, 9.17) is 4.74 Å². The molecule has 3 aliphatic rings. The molecule has 0 spiro atoms. The Balaban J connectivity index is 1.31. The van der Waals surface area contributed by atoms with Gasteiger partial charge in [-0.15, -0.1) is 0 Å². The molecule has 1 aromatic heterocycles. The molecule has 0 bridgehead atoms. The molecule has 3 heterocycles. The van der Waals surface area contributed by atoms with Gasteiger partial charge in [0.05, 0.1) is 31.1 Å². The molecule has 9 heteroatoms. The summed E-state index contributed by atoms with van der Waals surface area (Å²) in [6, 6.07) is 4.37. The molecule has 2 fully saturated rings. The Morgan fingerprint density at radius 2 is 2.15 bits per heavy atom. The van der Waals surface area contributed by atoms with Crippen LogP contribution in [0.25, 0.3) is 5.57 Å². The van der Waals surface area contributed by atoms with Crippen LogP contribution in [0.15, 0.2) is 30.5 Å². The number of methoxy groups -OCH3 is 1. The summed E-state index contributed by atoms with van der Waals surface area (Å²) in [6.07, 6.45) is 4.91. The Kier molecular flexibility index (Phi) is 5.94. The number of hydrogen-bond acceptors (Lipinski definition) is 7. The number of alkyl halides is 1. The van der Waals surface area contributed by atoms with E-state index >= 15 is 4.39 Å². The first kappa shape index (κ1) is 22.1. The van der Waals surface area contributed by atoms with E-state index in [-0.39, 0.29) is 35.6 Å². The number of carbonyl (C=O) groups excluding carboxylic acids is 1. The van der Waals surface area contributed by atoms with Crippen LogP contribution < -0.4 is 16.2 Å². The summed E-state index contributed by atoms with van der Waals surface area (Å²) in [7, 11) is 1.37. The molecular formula is C24H30FN5O3. The van der Waals surface area contributed by atoms with E-state index in [1.807, 2.05) is 19.1 Å². The van der Waals surface area contributed by atoms with Crippen molar-refractivity contribution in [2.75, 3.05) is 13.7 Å². The maximum atomic E-state index is 15.7. The largest absolute Gasteiger partial charge is 0.508 e. The minimum atomic E-state index is -1.05. The van der Waals surface area contributed by atoms with Crippen molar-refractivity contribution in [2.45, 2.75) is 56.4 Å². The van der Waals surface area contributed by atoms with Crippen LogP contribution in [0.1, 0.15) is 54.4 Å². The first-order chi connectivity index (χ1) is 16.0. The summed E-state index contributed by atoms with van der Waals surface area (Å²) in [5, 5.41) is 12.9. The molecule has 1 aromatic carbocycles. The van der Waals surface area contributed by atoms with Crippen molar-refractivity contribution in [2.24, 2.45) is 5.92 Å². The second-order valence-electron chi connectivity index (χ2n) is 9.08. The number of rotatable bonds is 5. The van der Waals surface area contributed by atoms with E-state index in [1.54, 1.807) is 18.3 Å². The number of imidazole rings is 1. The summed E-state index contributed by atoms with van der Waals surface area (Å²) in [5.74, 6) is 0.527. The molecule has 1 saturated heterocycles. The first-order valence-electron chi connectivity index (χ1n) is 11.5.